The number of nitrogens with one attached hydrogen (secondary N) is 1. The Hall–Kier alpha value is -1.18. The summed E-state index contributed by atoms with van der Waals surface area (Å²) in [5, 5.41) is 3.46. The van der Waals surface area contributed by atoms with Crippen molar-refractivity contribution >= 4 is 5.69 Å². The van der Waals surface area contributed by atoms with E-state index in [9.17, 15) is 0 Å². The number of rotatable bonds is 0. The van der Waals surface area contributed by atoms with Crippen molar-refractivity contribution in [2.24, 2.45) is 0 Å². The van der Waals surface area contributed by atoms with E-state index in [2.05, 4.69) is 30.4 Å². The first-order valence-corrected chi connectivity index (χ1v) is 4.82. The Kier molecular flexibility index (Phi) is 1.22. The minimum Gasteiger partial charge on any atom is -0.483 e. The van der Waals surface area contributed by atoms with Crippen LogP contribution in [0.2, 0.25) is 0 Å². The summed E-state index contributed by atoms with van der Waals surface area (Å²) in [5.74, 6) is 1.03. The van der Waals surface area contributed by atoms with Gasteiger partial charge in [-0.3, -0.25) is 0 Å². The summed E-state index contributed by atoms with van der Waals surface area (Å²) in [6.45, 7) is 3.09. The van der Waals surface area contributed by atoms with Gasteiger partial charge in [0.25, 0.3) is 0 Å². The Labute approximate surface area is 77.9 Å². The predicted molar refractivity (Wildman–Crippen MR) is 52.3 cm³/mol. The second-order valence-corrected chi connectivity index (χ2v) is 4.09. The highest BCUT2D eigenvalue weighted by atomic mass is 16.5. The fourth-order valence-electron chi connectivity index (χ4n) is 1.89. The molecule has 2 nitrogen and oxygen atoms in total. The van der Waals surface area contributed by atoms with Crippen LogP contribution in [0.15, 0.2) is 18.2 Å². The van der Waals surface area contributed by atoms with Crippen molar-refractivity contribution in [2.45, 2.75) is 25.4 Å². The molecule has 0 unspecified atom stereocenters. The van der Waals surface area contributed by atoms with Crippen LogP contribution in [-0.4, -0.2) is 12.1 Å². The molecule has 3 rings (SSSR count). The van der Waals surface area contributed by atoms with Gasteiger partial charge in [0, 0.05) is 0 Å². The van der Waals surface area contributed by atoms with Gasteiger partial charge in [-0.1, -0.05) is 12.1 Å². The van der Waals surface area contributed by atoms with Crippen molar-refractivity contribution in [3.8, 4) is 5.75 Å². The summed E-state index contributed by atoms with van der Waals surface area (Å²) in [7, 11) is 0. The minimum atomic E-state index is 0.154. The molecular formula is C11H13NO. The number of para-hydroxylation sites is 1. The molecule has 1 aliphatic heterocycles. The molecule has 1 aliphatic carbocycles. The molecule has 0 saturated heterocycles. The van der Waals surface area contributed by atoms with Gasteiger partial charge in [0.2, 0.25) is 0 Å². The topological polar surface area (TPSA) is 21.3 Å². The number of hydrogen-bond acceptors (Lipinski definition) is 2. The summed E-state index contributed by atoms with van der Waals surface area (Å²) in [6.07, 6.45) is 2.40. The molecule has 1 aromatic rings. The second kappa shape index (κ2) is 2.19. The summed E-state index contributed by atoms with van der Waals surface area (Å²) in [6, 6.07) is 6.21. The first-order valence-electron chi connectivity index (χ1n) is 4.82. The molecule has 0 aromatic heterocycles. The van der Waals surface area contributed by atoms with Crippen molar-refractivity contribution in [3.63, 3.8) is 0 Å². The third kappa shape index (κ3) is 1.01. The maximum absolute atomic E-state index is 5.95. The fraction of sp³-hybridized carbons (Fsp3) is 0.455. The van der Waals surface area contributed by atoms with Gasteiger partial charge in [0.15, 0.2) is 0 Å². The number of hydrogen-bond donors (Lipinski definition) is 1. The van der Waals surface area contributed by atoms with Crippen LogP contribution in [0, 0.1) is 6.92 Å². The molecule has 0 amide bonds. The maximum Gasteiger partial charge on any atom is 0.143 e. The molecule has 1 aromatic carbocycles. The third-order valence-electron chi connectivity index (χ3n) is 2.96. The van der Waals surface area contributed by atoms with E-state index >= 15 is 0 Å². The Bertz CT molecular complexity index is 355. The van der Waals surface area contributed by atoms with E-state index < -0.39 is 0 Å². The lowest BCUT2D eigenvalue weighted by Gasteiger charge is -2.28. The molecular weight excluding hydrogens is 162 g/mol. The average molecular weight is 175 g/mol. The summed E-state index contributed by atoms with van der Waals surface area (Å²) in [4.78, 5) is 0. The standard InChI is InChI=1S/C11H13NO/c1-8-3-2-4-9-10(8)12-7-11(13-9)5-6-11/h2-4,12H,5-7H2,1H3. The van der Waals surface area contributed by atoms with Crippen LogP contribution in [0.4, 0.5) is 5.69 Å². The summed E-state index contributed by atoms with van der Waals surface area (Å²) >= 11 is 0. The Morgan fingerprint density at radius 2 is 2.23 bits per heavy atom. The number of aryl methyl sites for hydroxylation is 1. The molecule has 1 fully saturated rings. The summed E-state index contributed by atoms with van der Waals surface area (Å²) in [5.41, 5.74) is 2.61. The highest BCUT2D eigenvalue weighted by molar-refractivity contribution is 5.63. The zero-order valence-corrected chi connectivity index (χ0v) is 7.76. The number of fused-ring (bicyclic) bond motifs is 1. The van der Waals surface area contributed by atoms with E-state index in [0.717, 1.165) is 12.3 Å². The molecule has 1 spiro atoms. The Balaban J connectivity index is 2.05. The van der Waals surface area contributed by atoms with Gasteiger partial charge >= 0.3 is 0 Å². The quantitative estimate of drug-likeness (QED) is 0.653. The van der Waals surface area contributed by atoms with Gasteiger partial charge in [0.05, 0.1) is 12.2 Å². The number of ether oxygens (including phenoxy) is 1. The van der Waals surface area contributed by atoms with Crippen LogP contribution in [0.5, 0.6) is 5.75 Å². The number of benzene rings is 1. The predicted octanol–water partition coefficient (Wildman–Crippen LogP) is 2.33. The molecule has 1 saturated carbocycles. The van der Waals surface area contributed by atoms with Crippen LogP contribution < -0.4 is 10.1 Å². The van der Waals surface area contributed by atoms with Gasteiger partial charge in [-0.25, -0.2) is 0 Å². The lowest BCUT2D eigenvalue weighted by Crippen LogP contribution is -2.32. The first-order chi connectivity index (χ1) is 6.29. The number of anilines is 1. The van der Waals surface area contributed by atoms with Gasteiger partial charge < -0.3 is 10.1 Å². The SMILES string of the molecule is Cc1cccc2c1NCC1(CC1)O2. The van der Waals surface area contributed by atoms with E-state index in [1.807, 2.05) is 0 Å². The molecule has 68 valence electrons. The molecule has 2 aliphatic rings. The normalized spacial score (nSPS) is 21.6. The molecule has 13 heavy (non-hydrogen) atoms. The molecule has 0 bridgehead atoms. The van der Waals surface area contributed by atoms with Gasteiger partial charge in [0.1, 0.15) is 11.4 Å². The largest absolute Gasteiger partial charge is 0.483 e. The molecule has 1 N–H and O–H groups in total. The van der Waals surface area contributed by atoms with Crippen molar-refractivity contribution in [1.82, 2.24) is 0 Å². The monoisotopic (exact) mass is 175 g/mol. The zero-order valence-electron chi connectivity index (χ0n) is 7.76. The van der Waals surface area contributed by atoms with Crippen LogP contribution >= 0.6 is 0 Å². The van der Waals surface area contributed by atoms with E-state index in [-0.39, 0.29) is 5.60 Å². The second-order valence-electron chi connectivity index (χ2n) is 4.09. The van der Waals surface area contributed by atoms with E-state index in [0.29, 0.717) is 0 Å². The van der Waals surface area contributed by atoms with E-state index in [1.54, 1.807) is 0 Å². The van der Waals surface area contributed by atoms with Crippen molar-refractivity contribution in [3.05, 3.63) is 23.8 Å². The molecule has 0 atom stereocenters. The molecule has 2 heteroatoms. The van der Waals surface area contributed by atoms with Gasteiger partial charge in [-0.2, -0.15) is 0 Å². The minimum absolute atomic E-state index is 0.154. The highest BCUT2D eigenvalue weighted by Gasteiger charge is 2.47. The van der Waals surface area contributed by atoms with E-state index in [4.69, 9.17) is 4.74 Å². The third-order valence-corrected chi connectivity index (χ3v) is 2.96. The Morgan fingerprint density at radius 3 is 3.00 bits per heavy atom. The van der Waals surface area contributed by atoms with E-state index in [1.165, 1.54) is 24.1 Å². The van der Waals surface area contributed by atoms with Crippen molar-refractivity contribution < 1.29 is 4.74 Å². The molecule has 1 heterocycles. The smallest absolute Gasteiger partial charge is 0.143 e. The molecule has 0 radical (unpaired) electrons. The lowest BCUT2D eigenvalue weighted by molar-refractivity contribution is 0.184. The zero-order chi connectivity index (χ0) is 8.89. The summed E-state index contributed by atoms with van der Waals surface area (Å²) < 4.78 is 5.95. The average Bonchev–Trinajstić information content (AvgIpc) is 2.85. The van der Waals surface area contributed by atoms with Crippen molar-refractivity contribution in [2.75, 3.05) is 11.9 Å². The van der Waals surface area contributed by atoms with Gasteiger partial charge in [-0.15, -0.1) is 0 Å². The lowest BCUT2D eigenvalue weighted by atomic mass is 10.1. The van der Waals surface area contributed by atoms with Crippen molar-refractivity contribution in [1.29, 1.82) is 0 Å². The maximum atomic E-state index is 5.95. The highest BCUT2D eigenvalue weighted by Crippen LogP contribution is 2.46. The van der Waals surface area contributed by atoms with Crippen LogP contribution in [-0.2, 0) is 0 Å². The van der Waals surface area contributed by atoms with Crippen LogP contribution in [0.3, 0.4) is 0 Å². The van der Waals surface area contributed by atoms with Crippen LogP contribution in [0.25, 0.3) is 0 Å². The Morgan fingerprint density at radius 1 is 1.38 bits per heavy atom. The first kappa shape index (κ1) is 7.25. The van der Waals surface area contributed by atoms with Crippen LogP contribution in [0.1, 0.15) is 18.4 Å². The fourth-order valence-corrected chi connectivity index (χ4v) is 1.89. The van der Waals surface area contributed by atoms with Gasteiger partial charge in [-0.05, 0) is 31.4 Å².